The number of sulfone groups is 1. The lowest BCUT2D eigenvalue weighted by Gasteiger charge is -2.49. The number of likely N-dealkylation sites (tertiary alicyclic amines) is 1. The second-order valence-electron chi connectivity index (χ2n) is 6.61. The Morgan fingerprint density at radius 1 is 1.19 bits per heavy atom. The minimum Gasteiger partial charge on any atom is -0.463 e. The molecule has 26 heavy (non-hydrogen) atoms. The first kappa shape index (κ1) is 16.9. The third kappa shape index (κ3) is 2.72. The van der Waals surface area contributed by atoms with E-state index in [1.54, 1.807) is 47.9 Å². The van der Waals surface area contributed by atoms with Crippen LogP contribution in [0.25, 0.3) is 0 Å². The molecule has 2 aliphatic rings. The lowest BCUT2D eigenvalue weighted by molar-refractivity contribution is 0.0403. The van der Waals surface area contributed by atoms with E-state index < -0.39 is 14.6 Å². The number of carbonyl (C=O) groups excluding carboxylic acids is 1. The van der Waals surface area contributed by atoms with Crippen molar-refractivity contribution in [1.29, 1.82) is 0 Å². The molecule has 0 saturated carbocycles. The van der Waals surface area contributed by atoms with Gasteiger partial charge in [-0.25, -0.2) is 18.4 Å². The van der Waals surface area contributed by atoms with Crippen molar-refractivity contribution in [2.45, 2.75) is 11.2 Å². The molecule has 4 heterocycles. The van der Waals surface area contributed by atoms with Gasteiger partial charge in [0.15, 0.2) is 9.84 Å². The Morgan fingerprint density at radius 2 is 1.88 bits per heavy atom. The average molecular weight is 374 g/mol. The Hall–Kier alpha value is -2.55. The highest BCUT2D eigenvalue weighted by Gasteiger charge is 2.62. The van der Waals surface area contributed by atoms with Gasteiger partial charge in [0.2, 0.25) is 0 Å². The van der Waals surface area contributed by atoms with Crippen molar-refractivity contribution in [2.75, 3.05) is 25.4 Å². The molecule has 2 aliphatic heterocycles. The maximum absolute atomic E-state index is 12.7. The molecule has 0 radical (unpaired) electrons. The van der Waals surface area contributed by atoms with E-state index in [4.69, 9.17) is 4.74 Å². The third-order valence-corrected chi connectivity index (χ3v) is 7.79. The number of aromatic nitrogens is 3. The minimum absolute atomic E-state index is 0.119. The molecule has 1 spiro atoms. The zero-order valence-corrected chi connectivity index (χ0v) is 14.8. The molecule has 2 fully saturated rings. The second kappa shape index (κ2) is 6.31. The third-order valence-electron chi connectivity index (χ3n) is 5.19. The lowest BCUT2D eigenvalue weighted by Crippen LogP contribution is -2.68. The molecule has 0 N–H and O–H groups in total. The van der Waals surface area contributed by atoms with Gasteiger partial charge in [-0.3, -0.25) is 9.78 Å². The molecule has 2 saturated heterocycles. The second-order valence-corrected chi connectivity index (χ2v) is 9.06. The molecule has 1 amide bonds. The van der Waals surface area contributed by atoms with Crippen molar-refractivity contribution in [3.63, 3.8) is 0 Å². The highest BCUT2D eigenvalue weighted by atomic mass is 32.2. The van der Waals surface area contributed by atoms with Gasteiger partial charge in [-0.05, 0) is 24.6 Å². The Bertz CT molecular complexity index is 899. The van der Waals surface area contributed by atoms with Gasteiger partial charge in [-0.15, -0.1) is 0 Å². The molecule has 0 bridgehead atoms. The van der Waals surface area contributed by atoms with Crippen LogP contribution in [0.4, 0.5) is 0 Å². The predicted octanol–water partition coefficient (Wildman–Crippen LogP) is 0.580. The average Bonchev–Trinajstić information content (AvgIpc) is 2.90. The number of hydrogen-bond donors (Lipinski definition) is 0. The van der Waals surface area contributed by atoms with E-state index in [2.05, 4.69) is 15.0 Å². The van der Waals surface area contributed by atoms with E-state index in [1.165, 1.54) is 0 Å². The summed E-state index contributed by atoms with van der Waals surface area (Å²) in [7, 11) is -3.28. The van der Waals surface area contributed by atoms with Crippen LogP contribution in [-0.2, 0) is 9.84 Å². The molecule has 4 rings (SSSR count). The summed E-state index contributed by atoms with van der Waals surface area (Å²) < 4.78 is 30.0. The quantitative estimate of drug-likeness (QED) is 0.771. The number of pyridine rings is 1. The van der Waals surface area contributed by atoms with Crippen LogP contribution < -0.4 is 4.74 Å². The normalized spacial score (nSPS) is 22.8. The van der Waals surface area contributed by atoms with Crippen LogP contribution in [0, 0.1) is 5.92 Å². The maximum atomic E-state index is 12.7. The summed E-state index contributed by atoms with van der Waals surface area (Å²) in [5.74, 6) is -0.238. The number of amides is 1. The first-order chi connectivity index (χ1) is 12.5. The van der Waals surface area contributed by atoms with Crippen molar-refractivity contribution in [3.8, 4) is 6.01 Å². The standard InChI is InChI=1S/C17H18N4O4S/c22-15(13-2-7-18-8-3-13)21-11-17(12-21)14(4-9-26(17,23)24)10-25-16-19-5-1-6-20-16/h1-3,5-8,14H,4,9-12H2/t14-/m1/s1. The van der Waals surface area contributed by atoms with Crippen molar-refractivity contribution >= 4 is 15.7 Å². The van der Waals surface area contributed by atoms with Gasteiger partial charge in [0.05, 0.1) is 12.4 Å². The molecule has 8 nitrogen and oxygen atoms in total. The van der Waals surface area contributed by atoms with Crippen LogP contribution >= 0.6 is 0 Å². The predicted molar refractivity (Wildman–Crippen MR) is 92.3 cm³/mol. The van der Waals surface area contributed by atoms with E-state index >= 15 is 0 Å². The van der Waals surface area contributed by atoms with Crippen LogP contribution in [0.15, 0.2) is 43.0 Å². The van der Waals surface area contributed by atoms with E-state index in [0.717, 1.165) is 0 Å². The van der Waals surface area contributed by atoms with Crippen LogP contribution in [0.1, 0.15) is 16.8 Å². The molecule has 2 aromatic heterocycles. The van der Waals surface area contributed by atoms with Gasteiger partial charge in [0, 0.05) is 49.4 Å². The summed E-state index contributed by atoms with van der Waals surface area (Å²) in [5, 5.41) is 0. The summed E-state index contributed by atoms with van der Waals surface area (Å²) in [6.45, 7) is 0.612. The molecule has 0 aromatic carbocycles. The van der Waals surface area contributed by atoms with E-state index in [0.29, 0.717) is 12.0 Å². The monoisotopic (exact) mass is 374 g/mol. The smallest absolute Gasteiger partial charge is 0.316 e. The van der Waals surface area contributed by atoms with Gasteiger partial charge >= 0.3 is 6.01 Å². The highest BCUT2D eigenvalue weighted by Crippen LogP contribution is 2.45. The van der Waals surface area contributed by atoms with Crippen molar-refractivity contribution in [3.05, 3.63) is 48.5 Å². The maximum Gasteiger partial charge on any atom is 0.316 e. The summed E-state index contributed by atoms with van der Waals surface area (Å²) in [4.78, 5) is 26.0. The van der Waals surface area contributed by atoms with Crippen molar-refractivity contribution in [2.24, 2.45) is 5.92 Å². The van der Waals surface area contributed by atoms with E-state index in [1.807, 2.05) is 0 Å². The first-order valence-corrected chi connectivity index (χ1v) is 9.98. The SMILES string of the molecule is O=C(c1ccncc1)N1CC2(C1)[C@@H](COc1ncccn1)CCS2(=O)=O. The van der Waals surface area contributed by atoms with Crippen LogP contribution in [-0.4, -0.2) is 64.4 Å². The number of nitrogens with zero attached hydrogens (tertiary/aromatic N) is 4. The molecule has 9 heteroatoms. The summed E-state index contributed by atoms with van der Waals surface area (Å²) >= 11 is 0. The fourth-order valence-corrected chi connectivity index (χ4v) is 6.06. The Kier molecular flexibility index (Phi) is 4.10. The van der Waals surface area contributed by atoms with Crippen molar-refractivity contribution < 1.29 is 17.9 Å². The van der Waals surface area contributed by atoms with Gasteiger partial charge in [-0.2, -0.15) is 0 Å². The topological polar surface area (TPSA) is 102 Å². The van der Waals surface area contributed by atoms with Gasteiger partial charge in [-0.1, -0.05) is 0 Å². The Labute approximate surface area is 151 Å². The zero-order valence-electron chi connectivity index (χ0n) is 14.0. The number of ether oxygens (including phenoxy) is 1. The van der Waals surface area contributed by atoms with Crippen LogP contribution in [0.2, 0.25) is 0 Å². The van der Waals surface area contributed by atoms with Crippen LogP contribution in [0.3, 0.4) is 0 Å². The van der Waals surface area contributed by atoms with Crippen molar-refractivity contribution in [1.82, 2.24) is 19.9 Å². The van der Waals surface area contributed by atoms with E-state index in [9.17, 15) is 13.2 Å². The zero-order chi connectivity index (χ0) is 18.2. The molecule has 0 aliphatic carbocycles. The van der Waals surface area contributed by atoms with Gasteiger partial charge in [0.25, 0.3) is 5.91 Å². The summed E-state index contributed by atoms with van der Waals surface area (Å²) in [5.41, 5.74) is 0.510. The molecular weight excluding hydrogens is 356 g/mol. The molecule has 0 unspecified atom stereocenters. The first-order valence-electron chi connectivity index (χ1n) is 8.33. The Balaban J connectivity index is 1.47. The Morgan fingerprint density at radius 3 is 2.58 bits per heavy atom. The highest BCUT2D eigenvalue weighted by molar-refractivity contribution is 7.93. The van der Waals surface area contributed by atoms with Gasteiger partial charge < -0.3 is 9.64 Å². The summed E-state index contributed by atoms with van der Waals surface area (Å²) in [6, 6.07) is 5.17. The molecule has 1 atom stereocenters. The minimum atomic E-state index is -3.28. The number of hydrogen-bond acceptors (Lipinski definition) is 7. The fraction of sp³-hybridized carbons (Fsp3) is 0.412. The van der Waals surface area contributed by atoms with Crippen LogP contribution in [0.5, 0.6) is 6.01 Å². The fourth-order valence-electron chi connectivity index (χ4n) is 3.66. The number of rotatable bonds is 4. The number of carbonyl (C=O) groups is 1. The lowest BCUT2D eigenvalue weighted by atomic mass is 9.83. The molecule has 136 valence electrons. The van der Waals surface area contributed by atoms with E-state index in [-0.39, 0.29) is 43.3 Å². The molecule has 2 aromatic rings. The summed E-state index contributed by atoms with van der Waals surface area (Å²) in [6.07, 6.45) is 6.76. The largest absolute Gasteiger partial charge is 0.463 e. The molecular formula is C17H18N4O4S. The van der Waals surface area contributed by atoms with Gasteiger partial charge in [0.1, 0.15) is 4.75 Å².